The van der Waals surface area contributed by atoms with E-state index in [1.165, 1.54) is 12.8 Å². The molecular weight excluding hydrogens is 412 g/mol. The average molecular weight is 445 g/mol. The van der Waals surface area contributed by atoms with Gasteiger partial charge in [-0.05, 0) is 81.8 Å². The molecule has 0 radical (unpaired) electrons. The fourth-order valence-corrected chi connectivity index (χ4v) is 4.78. The van der Waals surface area contributed by atoms with Gasteiger partial charge in [-0.1, -0.05) is 24.9 Å². The summed E-state index contributed by atoms with van der Waals surface area (Å²) in [4.78, 5) is 15.3. The number of aliphatic hydroxyl groups is 1. The third-order valence-corrected chi connectivity index (χ3v) is 6.81. The molecular formula is C24H33ClN4O2. The molecule has 4 rings (SSSR count). The second-order valence-corrected chi connectivity index (χ2v) is 9.51. The second-order valence-electron chi connectivity index (χ2n) is 9.07. The van der Waals surface area contributed by atoms with Crippen LogP contribution >= 0.6 is 11.6 Å². The monoisotopic (exact) mass is 444 g/mol. The van der Waals surface area contributed by atoms with Crippen LogP contribution in [0.1, 0.15) is 60.8 Å². The van der Waals surface area contributed by atoms with Crippen molar-refractivity contribution in [1.82, 2.24) is 20.0 Å². The minimum Gasteiger partial charge on any atom is -0.390 e. The Kier molecular flexibility index (Phi) is 7.31. The molecule has 1 atom stereocenters. The van der Waals surface area contributed by atoms with Gasteiger partial charge in [-0.3, -0.25) is 4.79 Å². The third kappa shape index (κ3) is 5.48. The lowest BCUT2D eigenvalue weighted by atomic mass is 9.99. The van der Waals surface area contributed by atoms with Gasteiger partial charge in [-0.15, -0.1) is 0 Å². The number of benzene rings is 1. The van der Waals surface area contributed by atoms with Gasteiger partial charge in [0.15, 0.2) is 5.69 Å². The molecule has 1 amide bonds. The van der Waals surface area contributed by atoms with Crippen molar-refractivity contribution in [1.29, 1.82) is 0 Å². The molecule has 2 heterocycles. The Bertz CT molecular complexity index is 888. The summed E-state index contributed by atoms with van der Waals surface area (Å²) < 4.78 is 1.90. The Morgan fingerprint density at radius 2 is 1.90 bits per heavy atom. The number of aromatic nitrogens is 2. The van der Waals surface area contributed by atoms with E-state index in [4.69, 9.17) is 16.7 Å². The summed E-state index contributed by atoms with van der Waals surface area (Å²) in [7, 11) is 0. The standard InChI is InChI=1S/C24H33ClN4O2/c1-17-11-13-28(14-12-17)16-20(30)15-26-24(31)23-21-5-3-2-4-6-22(21)29(27-23)19-9-7-18(25)8-10-19/h7-10,17,20,30H,2-6,11-16H2,1H3,(H,26,31). The number of carbonyl (C=O) groups excluding carboxylic acids is 1. The quantitative estimate of drug-likeness (QED) is 0.667. The van der Waals surface area contributed by atoms with Gasteiger partial charge in [0.05, 0.1) is 11.8 Å². The van der Waals surface area contributed by atoms with Crippen LogP contribution in [0.15, 0.2) is 24.3 Å². The number of halogens is 1. The molecule has 1 fully saturated rings. The molecule has 2 aliphatic rings. The number of fused-ring (bicyclic) bond motifs is 1. The van der Waals surface area contributed by atoms with E-state index < -0.39 is 6.10 Å². The Morgan fingerprint density at radius 3 is 2.65 bits per heavy atom. The molecule has 7 heteroatoms. The van der Waals surface area contributed by atoms with Crippen molar-refractivity contribution in [3.63, 3.8) is 0 Å². The number of hydrogen-bond donors (Lipinski definition) is 2. The van der Waals surface area contributed by atoms with Gasteiger partial charge in [0, 0.05) is 29.4 Å². The highest BCUT2D eigenvalue weighted by molar-refractivity contribution is 6.30. The van der Waals surface area contributed by atoms with Gasteiger partial charge >= 0.3 is 0 Å². The van der Waals surface area contributed by atoms with Crippen molar-refractivity contribution in [2.24, 2.45) is 5.92 Å². The van der Waals surface area contributed by atoms with E-state index in [-0.39, 0.29) is 12.5 Å². The van der Waals surface area contributed by atoms with Crippen LogP contribution in [-0.2, 0) is 12.8 Å². The number of hydrogen-bond acceptors (Lipinski definition) is 4. The number of rotatable bonds is 6. The zero-order valence-corrected chi connectivity index (χ0v) is 19.1. The summed E-state index contributed by atoms with van der Waals surface area (Å²) in [5.74, 6) is 0.566. The molecule has 0 bridgehead atoms. The van der Waals surface area contributed by atoms with Crippen molar-refractivity contribution in [2.45, 2.75) is 58.0 Å². The average Bonchev–Trinajstić information content (AvgIpc) is 2.95. The minimum atomic E-state index is -0.575. The fourth-order valence-electron chi connectivity index (χ4n) is 4.66. The second kappa shape index (κ2) is 10.2. The molecule has 6 nitrogen and oxygen atoms in total. The maximum absolute atomic E-state index is 13.0. The molecule has 0 saturated carbocycles. The zero-order chi connectivity index (χ0) is 21.8. The van der Waals surface area contributed by atoms with Crippen molar-refractivity contribution < 1.29 is 9.90 Å². The molecule has 1 aromatic heterocycles. The summed E-state index contributed by atoms with van der Waals surface area (Å²) in [6.45, 7) is 5.16. The molecule has 31 heavy (non-hydrogen) atoms. The van der Waals surface area contributed by atoms with E-state index >= 15 is 0 Å². The lowest BCUT2D eigenvalue weighted by Gasteiger charge is -2.31. The van der Waals surface area contributed by atoms with E-state index in [0.717, 1.165) is 68.1 Å². The van der Waals surface area contributed by atoms with E-state index in [1.54, 1.807) is 0 Å². The van der Waals surface area contributed by atoms with Crippen LogP contribution in [0.5, 0.6) is 0 Å². The van der Waals surface area contributed by atoms with Crippen LogP contribution in [0.3, 0.4) is 0 Å². The van der Waals surface area contributed by atoms with E-state index in [2.05, 4.69) is 17.1 Å². The maximum atomic E-state index is 13.0. The fraction of sp³-hybridized carbons (Fsp3) is 0.583. The number of likely N-dealkylation sites (tertiary alicyclic amines) is 1. The highest BCUT2D eigenvalue weighted by Crippen LogP contribution is 2.27. The van der Waals surface area contributed by atoms with Gasteiger partial charge in [0.25, 0.3) is 5.91 Å². The molecule has 168 valence electrons. The van der Waals surface area contributed by atoms with Crippen LogP contribution < -0.4 is 5.32 Å². The van der Waals surface area contributed by atoms with Crippen LogP contribution in [-0.4, -0.2) is 58.0 Å². The van der Waals surface area contributed by atoms with Gasteiger partial charge in [0.1, 0.15) is 0 Å². The maximum Gasteiger partial charge on any atom is 0.272 e. The first-order chi connectivity index (χ1) is 15.0. The molecule has 1 aliphatic heterocycles. The molecule has 1 aromatic carbocycles. The lowest BCUT2D eigenvalue weighted by Crippen LogP contribution is -2.43. The number of amides is 1. The topological polar surface area (TPSA) is 70.4 Å². The molecule has 2 N–H and O–H groups in total. The van der Waals surface area contributed by atoms with Crippen LogP contribution in [0.25, 0.3) is 5.69 Å². The molecule has 1 unspecified atom stereocenters. The Hall–Kier alpha value is -1.89. The summed E-state index contributed by atoms with van der Waals surface area (Å²) in [5, 5.41) is 18.8. The highest BCUT2D eigenvalue weighted by Gasteiger charge is 2.25. The highest BCUT2D eigenvalue weighted by atomic mass is 35.5. The van der Waals surface area contributed by atoms with Crippen LogP contribution in [0, 0.1) is 5.92 Å². The number of nitrogens with zero attached hydrogens (tertiary/aromatic N) is 3. The zero-order valence-electron chi connectivity index (χ0n) is 18.3. The molecule has 1 aliphatic carbocycles. The number of carbonyl (C=O) groups is 1. The predicted molar refractivity (Wildman–Crippen MR) is 123 cm³/mol. The van der Waals surface area contributed by atoms with E-state index in [1.807, 2.05) is 28.9 Å². The lowest BCUT2D eigenvalue weighted by molar-refractivity contribution is 0.0792. The molecule has 1 saturated heterocycles. The predicted octanol–water partition coefficient (Wildman–Crippen LogP) is 3.62. The van der Waals surface area contributed by atoms with Gasteiger partial charge in [-0.25, -0.2) is 4.68 Å². The third-order valence-electron chi connectivity index (χ3n) is 6.56. The van der Waals surface area contributed by atoms with Crippen molar-refractivity contribution in [3.8, 4) is 5.69 Å². The Morgan fingerprint density at radius 1 is 1.19 bits per heavy atom. The summed E-state index contributed by atoms with van der Waals surface area (Å²) in [5.41, 5.74) is 3.57. The molecule has 0 spiro atoms. The smallest absolute Gasteiger partial charge is 0.272 e. The first-order valence-electron chi connectivity index (χ1n) is 11.6. The summed E-state index contributed by atoms with van der Waals surface area (Å²) in [6.07, 6.45) is 6.86. The van der Waals surface area contributed by atoms with Crippen LogP contribution in [0.4, 0.5) is 0 Å². The number of β-amino-alcohol motifs (C(OH)–C–C–N with tert-alkyl or cyclic N) is 1. The Balaban J connectivity index is 1.45. The van der Waals surface area contributed by atoms with Gasteiger partial charge in [0.2, 0.25) is 0 Å². The number of aliphatic hydroxyl groups excluding tert-OH is 1. The van der Waals surface area contributed by atoms with Crippen molar-refractivity contribution in [3.05, 3.63) is 46.2 Å². The van der Waals surface area contributed by atoms with Gasteiger partial charge < -0.3 is 15.3 Å². The summed E-state index contributed by atoms with van der Waals surface area (Å²) >= 11 is 6.05. The molecule has 2 aromatic rings. The number of piperidine rings is 1. The minimum absolute atomic E-state index is 0.197. The first kappa shape index (κ1) is 22.3. The SMILES string of the molecule is CC1CCN(CC(O)CNC(=O)c2nn(-c3ccc(Cl)cc3)c3c2CCCCC3)CC1. The van der Waals surface area contributed by atoms with Crippen molar-refractivity contribution in [2.75, 3.05) is 26.2 Å². The van der Waals surface area contributed by atoms with E-state index in [0.29, 0.717) is 17.3 Å². The first-order valence-corrected chi connectivity index (χ1v) is 11.9. The largest absolute Gasteiger partial charge is 0.390 e. The van der Waals surface area contributed by atoms with Crippen LogP contribution in [0.2, 0.25) is 5.02 Å². The number of nitrogens with one attached hydrogen (secondary N) is 1. The Labute approximate surface area is 189 Å². The normalized spacial score (nSPS) is 18.9. The van der Waals surface area contributed by atoms with Crippen molar-refractivity contribution >= 4 is 17.5 Å². The van der Waals surface area contributed by atoms with E-state index in [9.17, 15) is 9.90 Å². The summed E-state index contributed by atoms with van der Waals surface area (Å²) in [6, 6.07) is 7.56. The van der Waals surface area contributed by atoms with Gasteiger partial charge in [-0.2, -0.15) is 5.10 Å².